The van der Waals surface area contributed by atoms with Gasteiger partial charge >= 0.3 is 17.9 Å². The van der Waals surface area contributed by atoms with Gasteiger partial charge < -0.3 is 28.4 Å². The largest absolute Gasteiger partial charge is 0.494 e. The molecule has 2 aliphatic heterocycles. The minimum absolute atomic E-state index is 0.0631. The summed E-state index contributed by atoms with van der Waals surface area (Å²) >= 11 is 6.79. The van der Waals surface area contributed by atoms with Gasteiger partial charge in [-0.25, -0.2) is 0 Å². The molecule has 0 amide bonds. The predicted molar refractivity (Wildman–Crippen MR) is 136 cm³/mol. The van der Waals surface area contributed by atoms with Crippen LogP contribution in [0.5, 0.6) is 11.5 Å². The van der Waals surface area contributed by atoms with Gasteiger partial charge in [-0.15, -0.1) is 0 Å². The quantitative estimate of drug-likeness (QED) is 0.357. The molecule has 0 aromatic heterocycles. The Balaban J connectivity index is 1.74. The fraction of sp³-hybridized carbons (Fsp3) is 0.464. The van der Waals surface area contributed by atoms with Gasteiger partial charge in [-0.3, -0.25) is 14.4 Å². The van der Waals surface area contributed by atoms with Crippen molar-refractivity contribution >= 4 is 29.5 Å². The smallest absolute Gasteiger partial charge is 0.303 e. The highest BCUT2D eigenvalue weighted by atomic mass is 35.5. The number of rotatable bonds is 8. The Labute approximate surface area is 226 Å². The fourth-order valence-corrected chi connectivity index (χ4v) is 5.18. The molecule has 2 aromatic carbocycles. The van der Waals surface area contributed by atoms with E-state index in [1.807, 2.05) is 37.3 Å². The summed E-state index contributed by atoms with van der Waals surface area (Å²) in [5.41, 5.74) is 3.35. The minimum Gasteiger partial charge on any atom is -0.494 e. The van der Waals surface area contributed by atoms with Crippen molar-refractivity contribution in [2.75, 3.05) is 19.8 Å². The number of carbonyl (C=O) groups is 3. The van der Waals surface area contributed by atoms with E-state index >= 15 is 0 Å². The average molecular weight is 547 g/mol. The normalized spacial score (nSPS) is 22.1. The molecule has 1 fully saturated rings. The van der Waals surface area contributed by atoms with E-state index < -0.39 is 42.3 Å². The van der Waals surface area contributed by atoms with Crippen LogP contribution in [0.2, 0.25) is 5.02 Å². The molecule has 2 aliphatic rings. The van der Waals surface area contributed by atoms with E-state index in [2.05, 4.69) is 0 Å². The molecule has 10 heteroatoms. The lowest BCUT2D eigenvalue weighted by molar-refractivity contribution is -0.227. The van der Waals surface area contributed by atoms with Gasteiger partial charge in [0.2, 0.25) is 0 Å². The number of fused-ring (bicyclic) bond motifs is 1. The lowest BCUT2D eigenvalue weighted by atomic mass is 9.88. The fourth-order valence-electron chi connectivity index (χ4n) is 4.89. The van der Waals surface area contributed by atoms with Crippen LogP contribution in [-0.4, -0.2) is 56.0 Å². The summed E-state index contributed by atoms with van der Waals surface area (Å²) in [4.78, 5) is 35.8. The molecule has 0 spiro atoms. The molecule has 0 unspecified atom stereocenters. The maximum atomic E-state index is 12.1. The summed E-state index contributed by atoms with van der Waals surface area (Å²) in [6, 6.07) is 9.65. The van der Waals surface area contributed by atoms with Crippen molar-refractivity contribution in [1.29, 1.82) is 0 Å². The molecule has 2 heterocycles. The number of hydrogen-bond donors (Lipinski definition) is 0. The standard InChI is InChI=1S/C28H31ClO9/c1-5-33-20-8-6-18(7-9-20)12-19-13-22(21-10-11-34-25(21)24(19)29)26-28(38-17(4)32)27(37-16(3)31)23(14-35-26)36-15(2)30/h6-9,13,23,26-28H,5,10-12,14H2,1-4H3/t23-,26+,27+,28+/m1/s1. The van der Waals surface area contributed by atoms with Crippen molar-refractivity contribution in [2.24, 2.45) is 0 Å². The maximum absolute atomic E-state index is 12.1. The summed E-state index contributed by atoms with van der Waals surface area (Å²) < 4.78 is 34.1. The summed E-state index contributed by atoms with van der Waals surface area (Å²) in [6.45, 7) is 6.61. The molecule has 38 heavy (non-hydrogen) atoms. The Hall–Kier alpha value is -3.30. The van der Waals surface area contributed by atoms with Crippen LogP contribution in [0, 0.1) is 0 Å². The molecular formula is C28H31ClO9. The zero-order chi connectivity index (χ0) is 27.4. The summed E-state index contributed by atoms with van der Waals surface area (Å²) in [5.74, 6) is -0.443. The second-order valence-corrected chi connectivity index (χ2v) is 9.53. The minimum atomic E-state index is -1.07. The Bertz CT molecular complexity index is 1190. The lowest BCUT2D eigenvalue weighted by Gasteiger charge is -2.41. The molecule has 4 atom stereocenters. The SMILES string of the molecule is CCOc1ccc(Cc2cc([C@@H]3OC[C@@H](OC(C)=O)[C@H](OC(C)=O)[C@H]3OC(C)=O)c3c(c2Cl)OCC3)cc1. The molecule has 9 nitrogen and oxygen atoms in total. The number of hydrogen-bond acceptors (Lipinski definition) is 9. The zero-order valence-electron chi connectivity index (χ0n) is 21.8. The molecule has 0 aliphatic carbocycles. The van der Waals surface area contributed by atoms with Crippen molar-refractivity contribution in [3.8, 4) is 11.5 Å². The van der Waals surface area contributed by atoms with Gasteiger partial charge in [0.05, 0.1) is 24.8 Å². The Morgan fingerprint density at radius 1 is 0.974 bits per heavy atom. The van der Waals surface area contributed by atoms with E-state index in [1.165, 1.54) is 20.8 Å². The highest BCUT2D eigenvalue weighted by Gasteiger charge is 2.48. The van der Waals surface area contributed by atoms with Crippen LogP contribution >= 0.6 is 11.6 Å². The summed E-state index contributed by atoms with van der Waals surface area (Å²) in [6.07, 6.45) is -2.82. The first-order valence-corrected chi connectivity index (χ1v) is 12.9. The lowest BCUT2D eigenvalue weighted by Crippen LogP contribution is -2.54. The van der Waals surface area contributed by atoms with E-state index in [9.17, 15) is 14.4 Å². The van der Waals surface area contributed by atoms with Crippen LogP contribution in [0.4, 0.5) is 0 Å². The topological polar surface area (TPSA) is 107 Å². The number of halogens is 1. The highest BCUT2D eigenvalue weighted by molar-refractivity contribution is 6.33. The second kappa shape index (κ2) is 12.0. The molecule has 0 saturated carbocycles. The van der Waals surface area contributed by atoms with Crippen LogP contribution in [0.25, 0.3) is 0 Å². The third kappa shape index (κ3) is 6.22. The van der Waals surface area contributed by atoms with Crippen LogP contribution < -0.4 is 9.47 Å². The van der Waals surface area contributed by atoms with Gasteiger partial charge in [0.15, 0.2) is 18.3 Å². The van der Waals surface area contributed by atoms with E-state index in [0.29, 0.717) is 42.4 Å². The third-order valence-corrected chi connectivity index (χ3v) is 6.73. The first kappa shape index (κ1) is 27.7. The second-order valence-electron chi connectivity index (χ2n) is 9.15. The number of benzene rings is 2. The Morgan fingerprint density at radius 2 is 1.63 bits per heavy atom. The van der Waals surface area contributed by atoms with Gasteiger partial charge in [0.1, 0.15) is 17.6 Å². The van der Waals surface area contributed by atoms with Crippen LogP contribution in [0.1, 0.15) is 56.1 Å². The van der Waals surface area contributed by atoms with Crippen molar-refractivity contribution in [3.63, 3.8) is 0 Å². The van der Waals surface area contributed by atoms with Gasteiger partial charge in [0.25, 0.3) is 0 Å². The molecule has 1 saturated heterocycles. The molecule has 0 bridgehead atoms. The van der Waals surface area contributed by atoms with Crippen molar-refractivity contribution < 1.29 is 42.8 Å². The number of esters is 3. The predicted octanol–water partition coefficient (Wildman–Crippen LogP) is 4.13. The third-order valence-electron chi connectivity index (χ3n) is 6.32. The van der Waals surface area contributed by atoms with Crippen molar-refractivity contribution in [3.05, 3.63) is 57.6 Å². The van der Waals surface area contributed by atoms with Crippen LogP contribution in [0.3, 0.4) is 0 Å². The van der Waals surface area contributed by atoms with E-state index in [1.54, 1.807) is 0 Å². The van der Waals surface area contributed by atoms with E-state index in [4.69, 9.17) is 40.0 Å². The average Bonchev–Trinajstić information content (AvgIpc) is 3.34. The molecule has 4 rings (SSSR count). The Kier molecular flexibility index (Phi) is 8.79. The summed E-state index contributed by atoms with van der Waals surface area (Å²) in [7, 11) is 0. The van der Waals surface area contributed by atoms with Gasteiger partial charge in [-0.05, 0) is 42.2 Å². The number of carbonyl (C=O) groups excluding carboxylic acids is 3. The Morgan fingerprint density at radius 3 is 2.26 bits per heavy atom. The molecule has 204 valence electrons. The zero-order valence-corrected chi connectivity index (χ0v) is 22.5. The van der Waals surface area contributed by atoms with Crippen LogP contribution in [0.15, 0.2) is 30.3 Å². The van der Waals surface area contributed by atoms with E-state index in [-0.39, 0.29) is 6.61 Å². The van der Waals surface area contributed by atoms with Crippen LogP contribution in [-0.2, 0) is 46.2 Å². The van der Waals surface area contributed by atoms with Gasteiger partial charge in [-0.2, -0.15) is 0 Å². The van der Waals surface area contributed by atoms with Gasteiger partial charge in [-0.1, -0.05) is 29.8 Å². The molecule has 2 aromatic rings. The molecule has 0 radical (unpaired) electrons. The first-order chi connectivity index (χ1) is 18.2. The first-order valence-electron chi connectivity index (χ1n) is 12.5. The highest BCUT2D eigenvalue weighted by Crippen LogP contribution is 2.45. The van der Waals surface area contributed by atoms with Crippen molar-refractivity contribution in [1.82, 2.24) is 0 Å². The van der Waals surface area contributed by atoms with E-state index in [0.717, 1.165) is 22.4 Å². The molecular weight excluding hydrogens is 516 g/mol. The summed E-state index contributed by atoms with van der Waals surface area (Å²) in [5, 5.41) is 0.504. The number of ether oxygens (including phenoxy) is 6. The molecule has 0 N–H and O–H groups in total. The van der Waals surface area contributed by atoms with Gasteiger partial charge in [0, 0.05) is 32.8 Å². The van der Waals surface area contributed by atoms with Crippen molar-refractivity contribution in [2.45, 2.75) is 65.0 Å². The maximum Gasteiger partial charge on any atom is 0.303 e. The monoisotopic (exact) mass is 546 g/mol.